The van der Waals surface area contributed by atoms with Crippen LogP contribution in [0.5, 0.6) is 0 Å². The van der Waals surface area contributed by atoms with Crippen molar-refractivity contribution in [2.75, 3.05) is 26.7 Å². The zero-order valence-electron chi connectivity index (χ0n) is 15.7. The average Bonchev–Trinajstić information content (AvgIpc) is 3.07. The van der Waals surface area contributed by atoms with Gasteiger partial charge in [-0.3, -0.25) is 14.6 Å². The molecule has 0 bridgehead atoms. The number of hydrogen-bond acceptors (Lipinski definition) is 3. The third-order valence-electron chi connectivity index (χ3n) is 5.45. The van der Waals surface area contributed by atoms with Gasteiger partial charge in [0, 0.05) is 32.2 Å². The smallest absolute Gasteiger partial charge is 0.251 e. The number of benzene rings is 1. The van der Waals surface area contributed by atoms with Crippen molar-refractivity contribution >= 4 is 41.8 Å². The van der Waals surface area contributed by atoms with E-state index in [1.54, 1.807) is 12.1 Å². The molecule has 1 aromatic carbocycles. The van der Waals surface area contributed by atoms with Gasteiger partial charge in [-0.2, -0.15) is 0 Å². The van der Waals surface area contributed by atoms with Crippen LogP contribution in [0.1, 0.15) is 41.6 Å². The highest BCUT2D eigenvalue weighted by atomic mass is 127. The van der Waals surface area contributed by atoms with Crippen molar-refractivity contribution in [1.82, 2.24) is 15.5 Å². The molecular formula is C19H28IN5O2. The van der Waals surface area contributed by atoms with E-state index in [-0.39, 0.29) is 36.4 Å². The summed E-state index contributed by atoms with van der Waals surface area (Å²) >= 11 is 0. The molecule has 7 nitrogen and oxygen atoms in total. The first-order valence-electron chi connectivity index (χ1n) is 9.12. The van der Waals surface area contributed by atoms with Crippen LogP contribution in [-0.2, 0) is 11.3 Å². The van der Waals surface area contributed by atoms with Crippen molar-refractivity contribution in [3.8, 4) is 0 Å². The number of amides is 2. The quantitative estimate of drug-likeness (QED) is 0.334. The number of hydrogen-bond donors (Lipinski definition) is 3. The maximum Gasteiger partial charge on any atom is 0.251 e. The monoisotopic (exact) mass is 485 g/mol. The van der Waals surface area contributed by atoms with Gasteiger partial charge in [0.25, 0.3) is 5.91 Å². The molecule has 1 aliphatic carbocycles. The van der Waals surface area contributed by atoms with E-state index in [2.05, 4.69) is 20.5 Å². The lowest BCUT2D eigenvalue weighted by molar-refractivity contribution is -0.117. The van der Waals surface area contributed by atoms with E-state index in [0.29, 0.717) is 17.5 Å². The third-order valence-corrected chi connectivity index (χ3v) is 5.45. The summed E-state index contributed by atoms with van der Waals surface area (Å²) in [5.74, 6) is 0.0789. The van der Waals surface area contributed by atoms with Crippen molar-refractivity contribution in [1.29, 1.82) is 0 Å². The summed E-state index contributed by atoms with van der Waals surface area (Å²) in [5, 5.41) is 5.89. The molecule has 1 aromatic rings. The number of primary amides is 1. The normalized spacial score (nSPS) is 17.8. The van der Waals surface area contributed by atoms with E-state index in [1.807, 2.05) is 19.2 Å². The lowest BCUT2D eigenvalue weighted by atomic mass is 9.68. The Morgan fingerprint density at radius 1 is 1.19 bits per heavy atom. The van der Waals surface area contributed by atoms with Gasteiger partial charge >= 0.3 is 0 Å². The minimum Gasteiger partial charge on any atom is -0.368 e. The zero-order chi connectivity index (χ0) is 18.6. The second-order valence-corrected chi connectivity index (χ2v) is 7.27. The lowest BCUT2D eigenvalue weighted by Crippen LogP contribution is -2.42. The maximum absolute atomic E-state index is 11.9. The Morgan fingerprint density at radius 2 is 1.89 bits per heavy atom. The molecule has 2 aliphatic rings. The molecule has 0 radical (unpaired) electrons. The Balaban J connectivity index is 0.00000261. The molecule has 2 amide bonds. The van der Waals surface area contributed by atoms with Gasteiger partial charge in [0.2, 0.25) is 5.91 Å². The van der Waals surface area contributed by atoms with Gasteiger partial charge in [-0.25, -0.2) is 0 Å². The molecule has 0 aromatic heterocycles. The number of rotatable bonds is 5. The predicted molar refractivity (Wildman–Crippen MR) is 116 cm³/mol. The first-order chi connectivity index (χ1) is 12.5. The summed E-state index contributed by atoms with van der Waals surface area (Å²) < 4.78 is 0. The van der Waals surface area contributed by atoms with Crippen LogP contribution in [0.15, 0.2) is 29.3 Å². The van der Waals surface area contributed by atoms with Gasteiger partial charge in [0.05, 0.1) is 6.54 Å². The van der Waals surface area contributed by atoms with Crippen LogP contribution in [0.4, 0.5) is 0 Å². The molecule has 1 saturated carbocycles. The Hall–Kier alpha value is -1.84. The fraction of sp³-hybridized carbons (Fsp3) is 0.526. The standard InChI is InChI=1S/C19H27N5O2.HI/c1-21-18(24-10-9-19(13-24)7-2-8-19)23-11-14-3-5-15(6-4-14)17(26)22-12-16(20)25;/h3-6H,2,7-13H2,1H3,(H2,20,25)(H,21,23)(H,22,26);1H. The second-order valence-electron chi connectivity index (χ2n) is 7.27. The Labute approximate surface area is 177 Å². The van der Waals surface area contributed by atoms with Crippen molar-refractivity contribution in [2.24, 2.45) is 16.1 Å². The number of carbonyl (C=O) groups excluding carboxylic acids is 2. The highest BCUT2D eigenvalue weighted by Crippen LogP contribution is 2.47. The summed E-state index contributed by atoms with van der Waals surface area (Å²) in [4.78, 5) is 29.4. The molecule has 0 atom stereocenters. The minimum atomic E-state index is -0.559. The molecule has 2 fully saturated rings. The van der Waals surface area contributed by atoms with Crippen LogP contribution in [0.25, 0.3) is 0 Å². The minimum absolute atomic E-state index is 0. The number of guanidine groups is 1. The van der Waals surface area contributed by atoms with Gasteiger partial charge < -0.3 is 21.3 Å². The molecule has 8 heteroatoms. The summed E-state index contributed by atoms with van der Waals surface area (Å²) in [6.45, 7) is 2.67. The number of carbonyl (C=O) groups is 2. The highest BCUT2D eigenvalue weighted by Gasteiger charge is 2.43. The van der Waals surface area contributed by atoms with Crippen molar-refractivity contribution in [2.45, 2.75) is 32.2 Å². The second kappa shape index (κ2) is 9.38. The first kappa shape index (κ1) is 21.5. The van der Waals surface area contributed by atoms with Crippen LogP contribution < -0.4 is 16.4 Å². The van der Waals surface area contributed by atoms with Crippen LogP contribution >= 0.6 is 24.0 Å². The molecule has 3 rings (SSSR count). The number of aliphatic imine (C=N–C) groups is 1. The molecule has 1 heterocycles. The zero-order valence-corrected chi connectivity index (χ0v) is 18.0. The van der Waals surface area contributed by atoms with Crippen molar-refractivity contribution in [3.05, 3.63) is 35.4 Å². The molecule has 1 saturated heterocycles. The summed E-state index contributed by atoms with van der Waals surface area (Å²) in [7, 11) is 1.82. The summed E-state index contributed by atoms with van der Waals surface area (Å²) in [6, 6.07) is 7.29. The molecule has 27 heavy (non-hydrogen) atoms. The van der Waals surface area contributed by atoms with Crippen LogP contribution in [0, 0.1) is 5.41 Å². The van der Waals surface area contributed by atoms with Gasteiger partial charge in [-0.15, -0.1) is 24.0 Å². The Morgan fingerprint density at radius 3 is 2.41 bits per heavy atom. The van der Waals surface area contributed by atoms with Crippen LogP contribution in [-0.4, -0.2) is 49.4 Å². The maximum atomic E-state index is 11.9. The summed E-state index contributed by atoms with van der Waals surface area (Å²) in [5.41, 5.74) is 7.14. The topological polar surface area (TPSA) is 99.8 Å². The molecule has 148 valence electrons. The molecule has 1 spiro atoms. The number of nitrogens with one attached hydrogen (secondary N) is 2. The van der Waals surface area contributed by atoms with E-state index in [4.69, 9.17) is 5.73 Å². The Bertz CT molecular complexity index is 701. The van der Waals surface area contributed by atoms with Crippen molar-refractivity contribution in [3.63, 3.8) is 0 Å². The SMILES string of the molecule is CN=C(NCc1ccc(C(=O)NCC(N)=O)cc1)N1CCC2(CCC2)C1.I. The van der Waals surface area contributed by atoms with E-state index in [9.17, 15) is 9.59 Å². The molecule has 4 N–H and O–H groups in total. The van der Waals surface area contributed by atoms with Crippen LogP contribution in [0.2, 0.25) is 0 Å². The number of nitrogens with zero attached hydrogens (tertiary/aromatic N) is 2. The number of likely N-dealkylation sites (tertiary alicyclic amines) is 1. The fourth-order valence-corrected chi connectivity index (χ4v) is 3.76. The largest absolute Gasteiger partial charge is 0.368 e. The van der Waals surface area contributed by atoms with Crippen LogP contribution in [0.3, 0.4) is 0 Å². The van der Waals surface area contributed by atoms with E-state index >= 15 is 0 Å². The molecule has 0 unspecified atom stereocenters. The highest BCUT2D eigenvalue weighted by molar-refractivity contribution is 14.0. The predicted octanol–water partition coefficient (Wildman–Crippen LogP) is 1.47. The molecule has 1 aliphatic heterocycles. The van der Waals surface area contributed by atoms with E-state index in [0.717, 1.165) is 24.6 Å². The average molecular weight is 485 g/mol. The van der Waals surface area contributed by atoms with Crippen molar-refractivity contribution < 1.29 is 9.59 Å². The molecular weight excluding hydrogens is 457 g/mol. The fourth-order valence-electron chi connectivity index (χ4n) is 3.76. The third kappa shape index (κ3) is 5.33. The first-order valence-corrected chi connectivity index (χ1v) is 9.12. The number of nitrogens with two attached hydrogens (primary N) is 1. The van der Waals surface area contributed by atoms with Gasteiger partial charge in [-0.05, 0) is 42.4 Å². The van der Waals surface area contributed by atoms with Gasteiger partial charge in [0.1, 0.15) is 0 Å². The lowest BCUT2D eigenvalue weighted by Gasteiger charge is -2.38. The number of halogens is 1. The van der Waals surface area contributed by atoms with Gasteiger partial charge in [0.15, 0.2) is 5.96 Å². The van der Waals surface area contributed by atoms with E-state index < -0.39 is 5.91 Å². The van der Waals surface area contributed by atoms with Gasteiger partial charge in [-0.1, -0.05) is 18.6 Å². The van der Waals surface area contributed by atoms with E-state index in [1.165, 1.54) is 25.7 Å². The summed E-state index contributed by atoms with van der Waals surface area (Å²) in [6.07, 6.45) is 5.32. The Kier molecular flexibility index (Phi) is 7.46.